The average molecular weight is 503 g/mol. The summed E-state index contributed by atoms with van der Waals surface area (Å²) < 4.78 is 28.5. The molecule has 0 unspecified atom stereocenters. The van der Waals surface area contributed by atoms with Crippen LogP contribution in [0.3, 0.4) is 0 Å². The van der Waals surface area contributed by atoms with Crippen LogP contribution in [0.2, 0.25) is 0 Å². The normalized spacial score (nSPS) is 16.2. The van der Waals surface area contributed by atoms with Gasteiger partial charge in [-0.05, 0) is 57.5 Å². The van der Waals surface area contributed by atoms with E-state index in [-0.39, 0.29) is 24.9 Å². The zero-order valence-corrected chi connectivity index (χ0v) is 19.8. The van der Waals surface area contributed by atoms with E-state index in [9.17, 15) is 9.59 Å². The second-order valence-corrected chi connectivity index (χ2v) is 9.44. The Bertz CT molecular complexity index is 1130. The molecule has 0 spiro atoms. The van der Waals surface area contributed by atoms with Crippen LogP contribution in [0.5, 0.6) is 17.2 Å². The lowest BCUT2D eigenvalue weighted by molar-refractivity contribution is -0.157. The number of esters is 1. The number of fused-ring (bicyclic) bond motifs is 2. The zero-order chi connectivity index (χ0) is 23.0. The molecule has 0 fully saturated rings. The van der Waals surface area contributed by atoms with Crippen molar-refractivity contribution < 1.29 is 33.3 Å². The highest BCUT2D eigenvalue weighted by molar-refractivity contribution is 9.10. The Hall–Kier alpha value is -2.84. The van der Waals surface area contributed by atoms with E-state index in [4.69, 9.17) is 23.7 Å². The lowest BCUT2D eigenvalue weighted by atomic mass is 10.0. The molecular formula is C24H23BrO7. The van der Waals surface area contributed by atoms with E-state index in [2.05, 4.69) is 15.9 Å². The van der Waals surface area contributed by atoms with Crippen molar-refractivity contribution in [3.05, 3.63) is 56.8 Å². The number of hydrogen-bond donors (Lipinski definition) is 0. The second-order valence-electron chi connectivity index (χ2n) is 8.52. The van der Waals surface area contributed by atoms with Gasteiger partial charge < -0.3 is 23.7 Å². The quantitative estimate of drug-likeness (QED) is 0.431. The van der Waals surface area contributed by atoms with Crippen molar-refractivity contribution in [3.63, 3.8) is 0 Å². The molecule has 7 nitrogen and oxygen atoms in total. The van der Waals surface area contributed by atoms with Gasteiger partial charge in [0.25, 0.3) is 0 Å². The van der Waals surface area contributed by atoms with Gasteiger partial charge in [0.1, 0.15) is 22.8 Å². The monoisotopic (exact) mass is 502 g/mol. The van der Waals surface area contributed by atoms with Gasteiger partial charge in [0.2, 0.25) is 5.78 Å². The summed E-state index contributed by atoms with van der Waals surface area (Å²) in [5.74, 6) is 0.948. The maximum atomic E-state index is 13.0. The van der Waals surface area contributed by atoms with Crippen molar-refractivity contribution in [2.24, 2.45) is 0 Å². The van der Waals surface area contributed by atoms with Crippen LogP contribution in [0.25, 0.3) is 6.08 Å². The van der Waals surface area contributed by atoms with E-state index >= 15 is 0 Å². The third-order valence-electron chi connectivity index (χ3n) is 4.71. The van der Waals surface area contributed by atoms with Gasteiger partial charge in [0, 0.05) is 21.7 Å². The van der Waals surface area contributed by atoms with Crippen LogP contribution < -0.4 is 14.2 Å². The number of carbonyl (C=O) groups excluding carboxylic acids is 2. The van der Waals surface area contributed by atoms with Crippen molar-refractivity contribution in [3.8, 4) is 17.2 Å². The van der Waals surface area contributed by atoms with E-state index in [1.165, 1.54) is 0 Å². The van der Waals surface area contributed by atoms with E-state index in [1.54, 1.807) is 45.9 Å². The molecule has 2 heterocycles. The molecule has 0 bridgehead atoms. The molecule has 0 N–H and O–H groups in total. The van der Waals surface area contributed by atoms with Gasteiger partial charge in [0.05, 0.1) is 12.2 Å². The molecule has 0 saturated carbocycles. The molecule has 2 aromatic carbocycles. The van der Waals surface area contributed by atoms with Crippen molar-refractivity contribution >= 4 is 33.8 Å². The first-order valence-corrected chi connectivity index (χ1v) is 10.9. The molecule has 168 valence electrons. The lowest BCUT2D eigenvalue weighted by Gasteiger charge is -2.20. The molecule has 4 rings (SSSR count). The van der Waals surface area contributed by atoms with Gasteiger partial charge in [-0.1, -0.05) is 15.9 Å². The van der Waals surface area contributed by atoms with Crippen molar-refractivity contribution in [2.45, 2.75) is 39.9 Å². The van der Waals surface area contributed by atoms with E-state index in [0.717, 1.165) is 10.0 Å². The fraction of sp³-hybridized carbons (Fsp3) is 0.333. The first-order valence-electron chi connectivity index (χ1n) is 10.1. The molecule has 2 aromatic rings. The van der Waals surface area contributed by atoms with Crippen molar-refractivity contribution in [1.82, 2.24) is 0 Å². The van der Waals surface area contributed by atoms with Crippen molar-refractivity contribution in [2.75, 3.05) is 13.4 Å². The predicted octanol–water partition coefficient (Wildman–Crippen LogP) is 4.96. The summed E-state index contributed by atoms with van der Waals surface area (Å²) in [5.41, 5.74) is 2.16. The summed E-state index contributed by atoms with van der Waals surface area (Å²) >= 11 is 3.48. The number of benzene rings is 2. The predicted molar refractivity (Wildman–Crippen MR) is 120 cm³/mol. The highest BCUT2D eigenvalue weighted by Crippen LogP contribution is 2.39. The summed E-state index contributed by atoms with van der Waals surface area (Å²) in [4.78, 5) is 25.0. The third-order valence-corrected chi connectivity index (χ3v) is 5.17. The topological polar surface area (TPSA) is 80.3 Å². The number of rotatable bonds is 4. The van der Waals surface area contributed by atoms with E-state index < -0.39 is 11.6 Å². The number of allylic oxidation sites excluding steroid dienone is 1. The summed E-state index contributed by atoms with van der Waals surface area (Å²) in [6.07, 6.45) is 1.66. The number of aryl methyl sites for hydroxylation is 1. The van der Waals surface area contributed by atoms with E-state index in [1.807, 2.05) is 12.1 Å². The number of halogens is 1. The third kappa shape index (κ3) is 4.81. The summed E-state index contributed by atoms with van der Waals surface area (Å²) in [7, 11) is 0. The molecule has 0 saturated heterocycles. The molecule has 0 aliphatic carbocycles. The molecule has 0 atom stereocenters. The average Bonchev–Trinajstić information content (AvgIpc) is 3.00. The first-order chi connectivity index (χ1) is 15.1. The maximum Gasteiger partial charge on any atom is 0.344 e. The Morgan fingerprint density at radius 1 is 1.22 bits per heavy atom. The SMILES string of the molecule is Cc1cc(OCC(=O)OC(C)(C)C)cc2c1C(=O)/C(=C/c1cc(Br)cc3c1OCOC3)O2. The summed E-state index contributed by atoms with van der Waals surface area (Å²) in [6.45, 7) is 7.50. The first kappa shape index (κ1) is 22.4. The molecule has 0 amide bonds. The Morgan fingerprint density at radius 3 is 2.75 bits per heavy atom. The van der Waals surface area contributed by atoms with Gasteiger partial charge >= 0.3 is 5.97 Å². The van der Waals surface area contributed by atoms with Gasteiger partial charge in [-0.15, -0.1) is 0 Å². The Balaban J connectivity index is 1.57. The van der Waals surface area contributed by atoms with Crippen LogP contribution in [-0.4, -0.2) is 30.8 Å². The maximum absolute atomic E-state index is 13.0. The molecule has 32 heavy (non-hydrogen) atoms. The lowest BCUT2D eigenvalue weighted by Crippen LogP contribution is -2.27. The minimum Gasteiger partial charge on any atom is -0.482 e. The van der Waals surface area contributed by atoms with Crippen LogP contribution in [0.4, 0.5) is 0 Å². The number of carbonyl (C=O) groups is 2. The van der Waals surface area contributed by atoms with Crippen LogP contribution in [0.1, 0.15) is 47.8 Å². The second kappa shape index (κ2) is 8.60. The molecule has 0 radical (unpaired) electrons. The highest BCUT2D eigenvalue weighted by atomic mass is 79.9. The van der Waals surface area contributed by atoms with Crippen LogP contribution in [-0.2, 0) is 20.9 Å². The molecule has 8 heteroatoms. The van der Waals surface area contributed by atoms with Gasteiger partial charge in [-0.3, -0.25) is 4.79 Å². The smallest absolute Gasteiger partial charge is 0.344 e. The minimum absolute atomic E-state index is 0.150. The summed E-state index contributed by atoms with van der Waals surface area (Å²) in [5, 5.41) is 0. The number of hydrogen-bond acceptors (Lipinski definition) is 7. The highest BCUT2D eigenvalue weighted by Gasteiger charge is 2.31. The molecule has 2 aliphatic heterocycles. The Morgan fingerprint density at radius 2 is 2.00 bits per heavy atom. The zero-order valence-electron chi connectivity index (χ0n) is 18.2. The minimum atomic E-state index is -0.592. The molecule has 2 aliphatic rings. The molecule has 0 aromatic heterocycles. The van der Waals surface area contributed by atoms with Crippen LogP contribution in [0.15, 0.2) is 34.5 Å². The van der Waals surface area contributed by atoms with E-state index in [0.29, 0.717) is 40.5 Å². The number of Topliss-reactive ketones (excluding diaryl/α,β-unsaturated/α-hetero) is 1. The van der Waals surface area contributed by atoms with Crippen LogP contribution in [0, 0.1) is 6.92 Å². The fourth-order valence-corrected chi connectivity index (χ4v) is 4.05. The van der Waals surface area contributed by atoms with Gasteiger partial charge in [-0.2, -0.15) is 0 Å². The van der Waals surface area contributed by atoms with Gasteiger partial charge in [-0.25, -0.2) is 4.79 Å². The molecular weight excluding hydrogens is 480 g/mol. The van der Waals surface area contributed by atoms with Crippen LogP contribution >= 0.6 is 15.9 Å². The number of ketones is 1. The number of ether oxygens (including phenoxy) is 5. The fourth-order valence-electron chi connectivity index (χ4n) is 3.53. The van der Waals surface area contributed by atoms with Gasteiger partial charge in [0.15, 0.2) is 19.2 Å². The largest absolute Gasteiger partial charge is 0.482 e. The Kier molecular flexibility index (Phi) is 6.01. The van der Waals surface area contributed by atoms with Crippen molar-refractivity contribution in [1.29, 1.82) is 0 Å². The Labute approximate surface area is 194 Å². The summed E-state index contributed by atoms with van der Waals surface area (Å²) in [6, 6.07) is 7.08. The standard InChI is InChI=1S/C24H23BrO7/c1-13-5-17(29-11-20(26)32-24(2,3)4)9-18-21(13)22(27)19(31-18)8-14-6-16(25)7-15-10-28-12-30-23(14)15/h5-9H,10-12H2,1-4H3/b19-8-.